The summed E-state index contributed by atoms with van der Waals surface area (Å²) in [6.07, 6.45) is 2.10. The zero-order valence-electron chi connectivity index (χ0n) is 9.30. The summed E-state index contributed by atoms with van der Waals surface area (Å²) >= 11 is -1.07. The second-order valence-corrected chi connectivity index (χ2v) is 7.32. The van der Waals surface area contributed by atoms with Crippen LogP contribution < -0.4 is 0 Å². The lowest BCUT2D eigenvalue weighted by Gasteiger charge is -2.24. The maximum Gasteiger partial charge on any atom is 0.294 e. The summed E-state index contributed by atoms with van der Waals surface area (Å²) < 4.78 is 18.6. The van der Waals surface area contributed by atoms with Crippen LogP contribution in [0.25, 0.3) is 0 Å². The van der Waals surface area contributed by atoms with Crippen LogP contribution in [0, 0.1) is 5.92 Å². The van der Waals surface area contributed by atoms with Crippen LogP contribution in [0.3, 0.4) is 0 Å². The second-order valence-electron chi connectivity index (χ2n) is 5.17. The average molecular weight is 231 g/mol. The smallest absolute Gasteiger partial charge is 0.294 e. The first-order valence-corrected chi connectivity index (χ1v) is 6.37. The summed E-state index contributed by atoms with van der Waals surface area (Å²) in [5, 5.41) is 0. The summed E-state index contributed by atoms with van der Waals surface area (Å²) in [5.41, 5.74) is 0. The van der Waals surface area contributed by atoms with Crippen LogP contribution in [0.4, 0.5) is 0 Å². The van der Waals surface area contributed by atoms with Gasteiger partial charge in [-0.3, -0.25) is 4.79 Å². The monoisotopic (exact) mass is 231 g/mol. The Hall–Kier alpha value is -0.260. The van der Waals surface area contributed by atoms with Crippen molar-refractivity contribution in [2.75, 3.05) is 0 Å². The summed E-state index contributed by atoms with van der Waals surface area (Å²) in [7, 11) is 0. The fraction of sp³-hybridized carbons (Fsp3) is 0.900. The summed E-state index contributed by atoms with van der Waals surface area (Å²) in [4.78, 5) is 10.3. The van der Waals surface area contributed by atoms with Crippen molar-refractivity contribution in [3.63, 3.8) is 0 Å². The predicted molar refractivity (Wildman–Crippen MR) is 57.2 cm³/mol. The molecule has 4 nitrogen and oxygen atoms in total. The molecule has 1 heterocycles. The summed E-state index contributed by atoms with van der Waals surface area (Å²) in [5.74, 6) is 0.584. The summed E-state index contributed by atoms with van der Waals surface area (Å²) in [6.45, 7) is 6.26. The third kappa shape index (κ3) is 2.14. The van der Waals surface area contributed by atoms with Gasteiger partial charge in [0.1, 0.15) is 10.8 Å². The third-order valence-corrected chi connectivity index (χ3v) is 4.64. The molecule has 4 atom stereocenters. The molecule has 2 rings (SSSR count). The van der Waals surface area contributed by atoms with Gasteiger partial charge in [-0.05, 0) is 39.5 Å². The van der Waals surface area contributed by atoms with Gasteiger partial charge in [0.05, 0.1) is 11.4 Å². The SMILES string of the molecule is CC(C)(C)[S+]([O-])N1[C@H](OC=O)[C@@H]1C1CC1. The van der Waals surface area contributed by atoms with Gasteiger partial charge < -0.3 is 9.29 Å². The zero-order valence-corrected chi connectivity index (χ0v) is 10.1. The number of rotatable bonds is 4. The van der Waals surface area contributed by atoms with E-state index in [0.29, 0.717) is 12.4 Å². The van der Waals surface area contributed by atoms with Crippen molar-refractivity contribution in [3.8, 4) is 0 Å². The molecular formula is C10H17NO3S. The van der Waals surface area contributed by atoms with E-state index in [0.717, 1.165) is 0 Å². The van der Waals surface area contributed by atoms with Crippen LogP contribution in [0.5, 0.6) is 0 Å². The lowest BCUT2D eigenvalue weighted by molar-refractivity contribution is -0.130. The molecule has 15 heavy (non-hydrogen) atoms. The predicted octanol–water partition coefficient (Wildman–Crippen LogP) is 1.04. The minimum Gasteiger partial charge on any atom is -0.597 e. The van der Waals surface area contributed by atoms with Crippen molar-refractivity contribution >= 4 is 17.8 Å². The molecule has 86 valence electrons. The molecule has 0 aromatic rings. The molecule has 2 aliphatic rings. The molecule has 0 amide bonds. The minimum absolute atomic E-state index is 0.204. The van der Waals surface area contributed by atoms with Crippen molar-refractivity contribution in [2.24, 2.45) is 5.92 Å². The van der Waals surface area contributed by atoms with E-state index in [-0.39, 0.29) is 17.0 Å². The standard InChI is InChI=1S/C10H17NO3S/c1-10(2,3)15(13)11-8(7-4-5-7)9(11)14-6-12/h6-9H,4-5H2,1-3H3/t8-,9+,11?,15?/m0/s1. The maximum atomic E-state index is 12.1. The van der Waals surface area contributed by atoms with Gasteiger partial charge in [-0.25, -0.2) is 0 Å². The van der Waals surface area contributed by atoms with Crippen LogP contribution in [-0.2, 0) is 20.9 Å². The molecule has 0 aromatic heterocycles. The second kappa shape index (κ2) is 3.64. The normalized spacial score (nSPS) is 37.2. The molecule has 0 radical (unpaired) electrons. The molecule has 1 aliphatic carbocycles. The molecule has 5 heteroatoms. The van der Waals surface area contributed by atoms with Crippen molar-refractivity contribution in [3.05, 3.63) is 0 Å². The number of hydrogen-bond donors (Lipinski definition) is 0. The Morgan fingerprint density at radius 3 is 2.47 bits per heavy atom. The van der Waals surface area contributed by atoms with E-state index >= 15 is 0 Å². The van der Waals surface area contributed by atoms with Gasteiger partial charge in [-0.1, -0.05) is 4.31 Å². The van der Waals surface area contributed by atoms with E-state index in [4.69, 9.17) is 4.74 Å². The average Bonchev–Trinajstić information content (AvgIpc) is 2.94. The number of carbonyl (C=O) groups is 1. The molecule has 0 bridgehead atoms. The quantitative estimate of drug-likeness (QED) is 0.412. The molecule has 2 fully saturated rings. The third-order valence-electron chi connectivity index (χ3n) is 2.76. The van der Waals surface area contributed by atoms with Crippen molar-refractivity contribution in [1.29, 1.82) is 0 Å². The van der Waals surface area contributed by atoms with Gasteiger partial charge in [0, 0.05) is 0 Å². The van der Waals surface area contributed by atoms with E-state index in [1.807, 2.05) is 25.1 Å². The Labute approximate surface area is 93.3 Å². The fourth-order valence-corrected chi connectivity index (χ4v) is 3.24. The zero-order chi connectivity index (χ0) is 11.2. The van der Waals surface area contributed by atoms with Gasteiger partial charge in [0.2, 0.25) is 6.23 Å². The Morgan fingerprint density at radius 1 is 1.47 bits per heavy atom. The maximum absolute atomic E-state index is 12.1. The number of ether oxygens (including phenoxy) is 1. The van der Waals surface area contributed by atoms with Crippen molar-refractivity contribution < 1.29 is 14.1 Å². The van der Waals surface area contributed by atoms with Crippen LogP contribution in [-0.4, -0.2) is 32.3 Å². The topological polar surface area (TPSA) is 52.4 Å². The van der Waals surface area contributed by atoms with Gasteiger partial charge >= 0.3 is 0 Å². The molecule has 1 aliphatic heterocycles. The molecule has 1 saturated heterocycles. The van der Waals surface area contributed by atoms with Gasteiger partial charge in [-0.15, -0.1) is 0 Å². The molecule has 0 spiro atoms. The van der Waals surface area contributed by atoms with Crippen LogP contribution in [0.1, 0.15) is 33.6 Å². The largest absolute Gasteiger partial charge is 0.597 e. The van der Waals surface area contributed by atoms with Gasteiger partial charge in [0.15, 0.2) is 0 Å². The van der Waals surface area contributed by atoms with Crippen LogP contribution in [0.2, 0.25) is 0 Å². The first-order valence-electron chi connectivity index (χ1n) is 5.26. The number of nitrogens with zero attached hydrogens (tertiary/aromatic N) is 1. The first-order chi connectivity index (χ1) is 6.96. The van der Waals surface area contributed by atoms with E-state index < -0.39 is 11.4 Å². The van der Waals surface area contributed by atoms with Crippen LogP contribution >= 0.6 is 0 Å². The Bertz CT molecular complexity index is 262. The Morgan fingerprint density at radius 2 is 2.07 bits per heavy atom. The first kappa shape index (κ1) is 11.2. The van der Waals surface area contributed by atoms with Crippen molar-refractivity contribution in [1.82, 2.24) is 4.31 Å². The van der Waals surface area contributed by atoms with Crippen molar-refractivity contribution in [2.45, 2.75) is 50.6 Å². The van der Waals surface area contributed by atoms with Gasteiger partial charge in [-0.2, -0.15) is 0 Å². The van der Waals surface area contributed by atoms with E-state index in [2.05, 4.69) is 0 Å². The van der Waals surface area contributed by atoms with Gasteiger partial charge in [0.25, 0.3) is 6.47 Å². The lowest BCUT2D eigenvalue weighted by Crippen LogP contribution is -2.35. The number of hydrogen-bond acceptors (Lipinski definition) is 4. The highest BCUT2D eigenvalue weighted by Crippen LogP contribution is 2.50. The Balaban J connectivity index is 1.99. The highest BCUT2D eigenvalue weighted by Gasteiger charge is 2.66. The van der Waals surface area contributed by atoms with Crippen LogP contribution in [0.15, 0.2) is 0 Å². The molecule has 1 saturated carbocycles. The molecule has 0 aromatic carbocycles. The van der Waals surface area contributed by atoms with E-state index in [1.54, 1.807) is 0 Å². The highest BCUT2D eigenvalue weighted by molar-refractivity contribution is 7.90. The fourth-order valence-electron chi connectivity index (χ4n) is 1.80. The lowest BCUT2D eigenvalue weighted by atomic mass is 10.3. The summed E-state index contributed by atoms with van der Waals surface area (Å²) in [6, 6.07) is 0.204. The Kier molecular flexibility index (Phi) is 2.73. The van der Waals surface area contributed by atoms with E-state index in [1.165, 1.54) is 12.8 Å². The van der Waals surface area contributed by atoms with E-state index in [9.17, 15) is 9.35 Å². The number of carbonyl (C=O) groups excluding carboxylic acids is 1. The molecule has 2 unspecified atom stereocenters. The highest BCUT2D eigenvalue weighted by atomic mass is 32.2. The molecule has 0 N–H and O–H groups in total. The molecular weight excluding hydrogens is 214 g/mol. The minimum atomic E-state index is -1.07.